The van der Waals surface area contributed by atoms with Gasteiger partial charge in [0.1, 0.15) is 0 Å². The number of aliphatic hydroxyl groups excluding tert-OH is 2. The van der Waals surface area contributed by atoms with Crippen molar-refractivity contribution in [2.75, 3.05) is 31.2 Å². The quantitative estimate of drug-likeness (QED) is 0.757. The summed E-state index contributed by atoms with van der Waals surface area (Å²) < 4.78 is 0. The molecule has 4 nitrogen and oxygen atoms in total. The molecule has 0 bridgehead atoms. The van der Waals surface area contributed by atoms with Gasteiger partial charge >= 0.3 is 0 Å². The number of aliphatic hydroxyl groups is 2. The first-order valence-electron chi connectivity index (χ1n) is 5.27. The number of Topliss-reactive ketones (excluding diaryl/α,β-unsaturated/α-hetero) is 1. The van der Waals surface area contributed by atoms with Crippen molar-refractivity contribution in [2.45, 2.75) is 0 Å². The van der Waals surface area contributed by atoms with Crippen molar-refractivity contribution in [2.24, 2.45) is 5.41 Å². The zero-order chi connectivity index (χ0) is 11.6. The highest BCUT2D eigenvalue weighted by atomic mass is 16.3. The fourth-order valence-electron chi connectivity index (χ4n) is 2.00. The maximum atomic E-state index is 11.8. The Balaban J connectivity index is 2.22. The van der Waals surface area contributed by atoms with Crippen LogP contribution in [0.3, 0.4) is 0 Å². The molecule has 1 aliphatic heterocycles. The minimum atomic E-state index is -0.990. The van der Waals surface area contributed by atoms with E-state index in [9.17, 15) is 15.0 Å². The summed E-state index contributed by atoms with van der Waals surface area (Å²) >= 11 is 0. The van der Waals surface area contributed by atoms with Gasteiger partial charge < -0.3 is 15.1 Å². The molecule has 0 aromatic heterocycles. The Bertz CT molecular complexity index is 373. The van der Waals surface area contributed by atoms with E-state index in [1.807, 2.05) is 35.2 Å². The molecule has 0 atom stereocenters. The number of rotatable bonds is 3. The van der Waals surface area contributed by atoms with Gasteiger partial charge in [0.2, 0.25) is 0 Å². The first-order valence-corrected chi connectivity index (χ1v) is 5.27. The lowest BCUT2D eigenvalue weighted by atomic mass is 9.88. The van der Waals surface area contributed by atoms with Crippen molar-refractivity contribution >= 4 is 11.5 Å². The fourth-order valence-corrected chi connectivity index (χ4v) is 2.00. The molecule has 2 N–H and O–H groups in total. The van der Waals surface area contributed by atoms with E-state index in [0.717, 1.165) is 5.69 Å². The summed E-state index contributed by atoms with van der Waals surface area (Å²) in [6, 6.07) is 9.54. The summed E-state index contributed by atoms with van der Waals surface area (Å²) in [7, 11) is 0. The SMILES string of the molecule is O=C1CN(c2ccccc2)CC1(CO)CO. The standard InChI is InChI=1S/C12H15NO3/c14-8-12(9-15)7-13(6-11(12)16)10-4-2-1-3-5-10/h1-5,14-15H,6-9H2. The molecule has 0 radical (unpaired) electrons. The maximum Gasteiger partial charge on any atom is 0.164 e. The molecule has 1 aromatic rings. The predicted molar refractivity (Wildman–Crippen MR) is 60.3 cm³/mol. The Morgan fingerprint density at radius 2 is 1.81 bits per heavy atom. The van der Waals surface area contributed by atoms with Crippen LogP contribution in [0, 0.1) is 5.41 Å². The summed E-state index contributed by atoms with van der Waals surface area (Å²) in [4.78, 5) is 13.7. The largest absolute Gasteiger partial charge is 0.395 e. The first-order chi connectivity index (χ1) is 7.72. The molecule has 86 valence electrons. The summed E-state index contributed by atoms with van der Waals surface area (Å²) in [6.07, 6.45) is 0. The lowest BCUT2D eigenvalue weighted by Gasteiger charge is -2.23. The Morgan fingerprint density at radius 1 is 1.19 bits per heavy atom. The number of benzene rings is 1. The fraction of sp³-hybridized carbons (Fsp3) is 0.417. The van der Waals surface area contributed by atoms with E-state index in [0.29, 0.717) is 6.54 Å². The molecule has 0 amide bonds. The zero-order valence-electron chi connectivity index (χ0n) is 8.97. The highest BCUT2D eigenvalue weighted by Gasteiger charge is 2.45. The molecule has 1 heterocycles. The van der Waals surface area contributed by atoms with E-state index in [-0.39, 0.29) is 25.5 Å². The number of nitrogens with zero attached hydrogens (tertiary/aromatic N) is 1. The van der Waals surface area contributed by atoms with Gasteiger partial charge in [-0.15, -0.1) is 0 Å². The highest BCUT2D eigenvalue weighted by molar-refractivity contribution is 5.93. The number of anilines is 1. The number of hydrogen-bond donors (Lipinski definition) is 2. The molecule has 0 spiro atoms. The molecule has 1 saturated heterocycles. The van der Waals surface area contributed by atoms with Gasteiger partial charge in [-0.05, 0) is 12.1 Å². The molecular formula is C12H15NO3. The van der Waals surface area contributed by atoms with Crippen LogP contribution in [0.25, 0.3) is 0 Å². The predicted octanol–water partition coefficient (Wildman–Crippen LogP) is 0.0467. The lowest BCUT2D eigenvalue weighted by Crippen LogP contribution is -2.38. The van der Waals surface area contributed by atoms with E-state index >= 15 is 0 Å². The molecule has 4 heteroatoms. The molecule has 0 unspecified atom stereocenters. The van der Waals surface area contributed by atoms with Crippen molar-refractivity contribution in [3.63, 3.8) is 0 Å². The van der Waals surface area contributed by atoms with Crippen LogP contribution in [0.15, 0.2) is 30.3 Å². The number of hydrogen-bond acceptors (Lipinski definition) is 4. The maximum absolute atomic E-state index is 11.8. The van der Waals surface area contributed by atoms with Gasteiger partial charge in [0, 0.05) is 12.2 Å². The van der Waals surface area contributed by atoms with Crippen molar-refractivity contribution in [3.05, 3.63) is 30.3 Å². The van der Waals surface area contributed by atoms with Crippen molar-refractivity contribution in [1.29, 1.82) is 0 Å². The number of carbonyl (C=O) groups excluding carboxylic acids is 1. The second-order valence-electron chi connectivity index (χ2n) is 4.21. The van der Waals surface area contributed by atoms with Crippen LogP contribution in [0.5, 0.6) is 0 Å². The Morgan fingerprint density at radius 3 is 2.31 bits per heavy atom. The molecule has 0 aliphatic carbocycles. The highest BCUT2D eigenvalue weighted by Crippen LogP contribution is 2.29. The second-order valence-corrected chi connectivity index (χ2v) is 4.21. The third-order valence-electron chi connectivity index (χ3n) is 3.15. The van der Waals surface area contributed by atoms with Crippen LogP contribution < -0.4 is 4.90 Å². The van der Waals surface area contributed by atoms with E-state index in [1.54, 1.807) is 0 Å². The minimum absolute atomic E-state index is 0.0960. The third-order valence-corrected chi connectivity index (χ3v) is 3.15. The van der Waals surface area contributed by atoms with Crippen LogP contribution >= 0.6 is 0 Å². The van der Waals surface area contributed by atoms with E-state index < -0.39 is 5.41 Å². The lowest BCUT2D eigenvalue weighted by molar-refractivity contribution is -0.128. The van der Waals surface area contributed by atoms with Crippen LogP contribution in [0.4, 0.5) is 5.69 Å². The van der Waals surface area contributed by atoms with Crippen molar-refractivity contribution in [1.82, 2.24) is 0 Å². The molecule has 16 heavy (non-hydrogen) atoms. The Labute approximate surface area is 94.1 Å². The summed E-state index contributed by atoms with van der Waals surface area (Å²) in [5.74, 6) is -0.0960. The van der Waals surface area contributed by atoms with Gasteiger partial charge in [0.25, 0.3) is 0 Å². The van der Waals surface area contributed by atoms with Gasteiger partial charge in [0.15, 0.2) is 5.78 Å². The Kier molecular flexibility index (Phi) is 2.94. The average molecular weight is 221 g/mol. The Hall–Kier alpha value is -1.39. The first kappa shape index (κ1) is 11.1. The summed E-state index contributed by atoms with van der Waals surface area (Å²) in [5, 5.41) is 18.5. The van der Waals surface area contributed by atoms with Gasteiger partial charge in [-0.3, -0.25) is 4.79 Å². The normalized spacial score (nSPS) is 19.1. The minimum Gasteiger partial charge on any atom is -0.395 e. The third kappa shape index (κ3) is 1.70. The van der Waals surface area contributed by atoms with Crippen LogP contribution in [-0.4, -0.2) is 42.3 Å². The zero-order valence-corrected chi connectivity index (χ0v) is 8.97. The van der Waals surface area contributed by atoms with E-state index in [1.165, 1.54) is 0 Å². The van der Waals surface area contributed by atoms with Crippen LogP contribution in [-0.2, 0) is 4.79 Å². The van der Waals surface area contributed by atoms with E-state index in [2.05, 4.69) is 0 Å². The van der Waals surface area contributed by atoms with Gasteiger partial charge in [-0.2, -0.15) is 0 Å². The number of carbonyl (C=O) groups is 1. The van der Waals surface area contributed by atoms with Gasteiger partial charge in [-0.1, -0.05) is 18.2 Å². The van der Waals surface area contributed by atoms with Crippen LogP contribution in [0.2, 0.25) is 0 Å². The molecule has 2 rings (SSSR count). The second kappa shape index (κ2) is 4.23. The number of para-hydroxylation sites is 1. The molecular weight excluding hydrogens is 206 g/mol. The summed E-state index contributed by atoms with van der Waals surface area (Å²) in [6.45, 7) is 0.0330. The molecule has 1 aliphatic rings. The van der Waals surface area contributed by atoms with Gasteiger partial charge in [0.05, 0.1) is 25.2 Å². The van der Waals surface area contributed by atoms with Gasteiger partial charge in [-0.25, -0.2) is 0 Å². The summed E-state index contributed by atoms with van der Waals surface area (Å²) in [5.41, 5.74) is -0.0461. The van der Waals surface area contributed by atoms with Crippen molar-refractivity contribution in [3.8, 4) is 0 Å². The molecule has 1 aromatic carbocycles. The molecule has 0 saturated carbocycles. The monoisotopic (exact) mass is 221 g/mol. The smallest absolute Gasteiger partial charge is 0.164 e. The van der Waals surface area contributed by atoms with Crippen LogP contribution in [0.1, 0.15) is 0 Å². The topological polar surface area (TPSA) is 60.8 Å². The average Bonchev–Trinajstić information content (AvgIpc) is 2.68. The van der Waals surface area contributed by atoms with Crippen molar-refractivity contribution < 1.29 is 15.0 Å². The number of ketones is 1. The molecule has 1 fully saturated rings. The van der Waals surface area contributed by atoms with E-state index in [4.69, 9.17) is 0 Å².